The molecule has 5 nitrogen and oxygen atoms in total. The third-order valence-corrected chi connectivity index (χ3v) is 5.90. The molecule has 2 heterocycles. The predicted molar refractivity (Wildman–Crippen MR) is 136 cm³/mol. The van der Waals surface area contributed by atoms with E-state index in [1.165, 1.54) is 13.8 Å². The van der Waals surface area contributed by atoms with E-state index in [0.717, 1.165) is 28.2 Å². The first kappa shape index (κ1) is 22.7. The Morgan fingerprint density at radius 1 is 0.771 bits per heavy atom. The summed E-state index contributed by atoms with van der Waals surface area (Å²) >= 11 is 6.18. The van der Waals surface area contributed by atoms with Crippen molar-refractivity contribution in [3.8, 4) is 28.2 Å². The summed E-state index contributed by atoms with van der Waals surface area (Å²) in [5.74, 6) is -2.74. The molecule has 1 fully saturated rings. The minimum atomic E-state index is -1.31. The molecule has 0 unspecified atom stereocenters. The minimum Gasteiger partial charge on any atom is -0.419 e. The van der Waals surface area contributed by atoms with Crippen molar-refractivity contribution in [3.63, 3.8) is 0 Å². The maximum atomic E-state index is 12.7. The zero-order valence-corrected chi connectivity index (χ0v) is 20.0. The molecule has 5 rings (SSSR count). The number of carbonyl (C=O) groups excluding carboxylic acids is 2. The van der Waals surface area contributed by atoms with E-state index in [0.29, 0.717) is 10.6 Å². The number of benzene rings is 3. The molecule has 3 aromatic carbocycles. The monoisotopic (exact) mass is 483 g/mol. The summed E-state index contributed by atoms with van der Waals surface area (Å²) in [5, 5.41) is 0.626. The van der Waals surface area contributed by atoms with Crippen LogP contribution >= 0.6 is 11.6 Å². The summed E-state index contributed by atoms with van der Waals surface area (Å²) in [7, 11) is 0. The van der Waals surface area contributed by atoms with E-state index in [1.54, 1.807) is 6.08 Å². The first-order valence-corrected chi connectivity index (χ1v) is 11.5. The SMILES string of the molecule is CC1(C)OC(=O)C(=Cc2cc(-c3ccccc3)n(-c3ccc(Cl)cc3)c2-c2ccccc2)C(=O)O1. The first-order chi connectivity index (χ1) is 16.8. The molecule has 6 heteroatoms. The van der Waals surface area contributed by atoms with Crippen LogP contribution in [0, 0.1) is 0 Å². The number of aromatic nitrogens is 1. The maximum absolute atomic E-state index is 12.7. The van der Waals surface area contributed by atoms with Gasteiger partial charge in [-0.1, -0.05) is 72.3 Å². The number of halogens is 1. The van der Waals surface area contributed by atoms with Gasteiger partial charge in [0.2, 0.25) is 0 Å². The van der Waals surface area contributed by atoms with Gasteiger partial charge < -0.3 is 14.0 Å². The predicted octanol–water partition coefficient (Wildman–Crippen LogP) is 6.68. The zero-order valence-electron chi connectivity index (χ0n) is 19.2. The van der Waals surface area contributed by atoms with Gasteiger partial charge in [0.05, 0.1) is 11.4 Å². The first-order valence-electron chi connectivity index (χ1n) is 11.1. The van der Waals surface area contributed by atoms with E-state index in [9.17, 15) is 9.59 Å². The van der Waals surface area contributed by atoms with Gasteiger partial charge in [-0.15, -0.1) is 0 Å². The fourth-order valence-corrected chi connectivity index (χ4v) is 4.27. The molecule has 1 aliphatic heterocycles. The zero-order chi connectivity index (χ0) is 24.6. The van der Waals surface area contributed by atoms with E-state index in [4.69, 9.17) is 21.1 Å². The molecular formula is C29H22ClNO4. The number of esters is 2. The Kier molecular flexibility index (Phi) is 5.79. The fourth-order valence-electron chi connectivity index (χ4n) is 4.15. The van der Waals surface area contributed by atoms with Gasteiger partial charge in [-0.25, -0.2) is 9.59 Å². The maximum Gasteiger partial charge on any atom is 0.348 e. The molecule has 0 bridgehead atoms. The van der Waals surface area contributed by atoms with Crippen molar-refractivity contribution in [3.05, 3.63) is 107 Å². The summed E-state index contributed by atoms with van der Waals surface area (Å²) in [6.45, 7) is 3.05. The number of hydrogen-bond acceptors (Lipinski definition) is 4. The molecule has 1 saturated heterocycles. The van der Waals surface area contributed by atoms with Crippen LogP contribution in [0.2, 0.25) is 5.02 Å². The highest BCUT2D eigenvalue weighted by atomic mass is 35.5. The summed E-state index contributed by atoms with van der Waals surface area (Å²) in [6.07, 6.45) is 1.54. The van der Waals surface area contributed by atoms with Gasteiger partial charge in [0.1, 0.15) is 5.57 Å². The highest BCUT2D eigenvalue weighted by Crippen LogP contribution is 2.38. The lowest BCUT2D eigenvalue weighted by molar-refractivity contribution is -0.222. The van der Waals surface area contributed by atoms with Crippen molar-refractivity contribution < 1.29 is 19.1 Å². The number of nitrogens with zero attached hydrogens (tertiary/aromatic N) is 1. The summed E-state index contributed by atoms with van der Waals surface area (Å²) in [5.41, 5.74) is 4.98. The Bertz CT molecular complexity index is 1410. The van der Waals surface area contributed by atoms with Crippen LogP contribution in [0.1, 0.15) is 19.4 Å². The highest BCUT2D eigenvalue weighted by Gasteiger charge is 2.39. The molecule has 35 heavy (non-hydrogen) atoms. The van der Waals surface area contributed by atoms with Crippen molar-refractivity contribution >= 4 is 29.6 Å². The van der Waals surface area contributed by atoms with Crippen molar-refractivity contribution in [1.82, 2.24) is 4.57 Å². The summed E-state index contributed by atoms with van der Waals surface area (Å²) in [4.78, 5) is 25.5. The molecule has 4 aromatic rings. The number of carbonyl (C=O) groups is 2. The van der Waals surface area contributed by atoms with Gasteiger partial charge in [0.25, 0.3) is 5.79 Å². The van der Waals surface area contributed by atoms with Crippen LogP contribution < -0.4 is 0 Å². The van der Waals surface area contributed by atoms with Gasteiger partial charge in [-0.2, -0.15) is 0 Å². The summed E-state index contributed by atoms with van der Waals surface area (Å²) < 4.78 is 12.7. The van der Waals surface area contributed by atoms with Gasteiger partial charge in [0.15, 0.2) is 0 Å². The Labute approximate surface area is 208 Å². The van der Waals surface area contributed by atoms with Crippen molar-refractivity contribution in [2.24, 2.45) is 0 Å². The van der Waals surface area contributed by atoms with Crippen LogP contribution in [0.5, 0.6) is 0 Å². The molecule has 174 valence electrons. The standard InChI is InChI=1S/C29H22ClNO4/c1-29(2)34-27(32)24(28(33)35-29)17-21-18-25(19-9-5-3-6-10-19)31(23-15-13-22(30)14-16-23)26(21)20-11-7-4-8-12-20/h3-18H,1-2H3. The van der Waals surface area contributed by atoms with E-state index in [2.05, 4.69) is 4.57 Å². The molecule has 0 N–H and O–H groups in total. The largest absolute Gasteiger partial charge is 0.419 e. The molecule has 0 amide bonds. The van der Waals surface area contributed by atoms with Crippen LogP contribution in [0.25, 0.3) is 34.3 Å². The molecule has 0 radical (unpaired) electrons. The molecule has 0 spiro atoms. The van der Waals surface area contributed by atoms with Crippen LogP contribution in [0.4, 0.5) is 0 Å². The van der Waals surface area contributed by atoms with Gasteiger partial charge in [-0.3, -0.25) is 0 Å². The second-order valence-corrected chi connectivity index (χ2v) is 9.05. The van der Waals surface area contributed by atoms with Crippen LogP contribution in [0.15, 0.2) is 96.6 Å². The lowest BCUT2D eigenvalue weighted by Crippen LogP contribution is -2.41. The Morgan fingerprint density at radius 2 is 1.31 bits per heavy atom. The average Bonchev–Trinajstić information content (AvgIpc) is 3.22. The third-order valence-electron chi connectivity index (χ3n) is 5.65. The third kappa shape index (κ3) is 4.51. The fraction of sp³-hybridized carbons (Fsp3) is 0.103. The van der Waals surface area contributed by atoms with E-state index in [1.807, 2.05) is 91.0 Å². The molecule has 0 saturated carbocycles. The lowest BCUT2D eigenvalue weighted by Gasteiger charge is -2.29. The van der Waals surface area contributed by atoms with Gasteiger partial charge in [0, 0.05) is 30.1 Å². The number of rotatable bonds is 4. The summed E-state index contributed by atoms with van der Waals surface area (Å²) in [6, 6.07) is 29.2. The van der Waals surface area contributed by atoms with E-state index < -0.39 is 17.7 Å². The Hall–Kier alpha value is -4.09. The van der Waals surface area contributed by atoms with Gasteiger partial charge >= 0.3 is 11.9 Å². The normalized spacial score (nSPS) is 14.9. The minimum absolute atomic E-state index is 0.158. The number of cyclic esters (lactones) is 2. The van der Waals surface area contributed by atoms with E-state index in [-0.39, 0.29) is 5.57 Å². The van der Waals surface area contributed by atoms with Crippen LogP contribution in [0.3, 0.4) is 0 Å². The quantitative estimate of drug-likeness (QED) is 0.184. The molecule has 1 aliphatic rings. The highest BCUT2D eigenvalue weighted by molar-refractivity contribution is 6.30. The molecule has 0 atom stereocenters. The Balaban J connectivity index is 1.80. The van der Waals surface area contributed by atoms with Crippen molar-refractivity contribution in [1.29, 1.82) is 0 Å². The van der Waals surface area contributed by atoms with Crippen molar-refractivity contribution in [2.75, 3.05) is 0 Å². The topological polar surface area (TPSA) is 57.5 Å². The van der Waals surface area contributed by atoms with Gasteiger partial charge in [-0.05, 0) is 47.5 Å². The second kappa shape index (κ2) is 8.93. The number of hydrogen-bond donors (Lipinski definition) is 0. The van der Waals surface area contributed by atoms with Crippen molar-refractivity contribution in [2.45, 2.75) is 19.6 Å². The van der Waals surface area contributed by atoms with E-state index >= 15 is 0 Å². The lowest BCUT2D eigenvalue weighted by atomic mass is 10.0. The molecular weight excluding hydrogens is 462 g/mol. The van der Waals surface area contributed by atoms with Crippen LogP contribution in [-0.2, 0) is 19.1 Å². The van der Waals surface area contributed by atoms with Crippen LogP contribution in [-0.4, -0.2) is 22.3 Å². The Morgan fingerprint density at radius 3 is 1.89 bits per heavy atom. The molecule has 0 aliphatic carbocycles. The second-order valence-electron chi connectivity index (χ2n) is 8.61. The number of ether oxygens (including phenoxy) is 2. The molecule has 1 aromatic heterocycles. The smallest absolute Gasteiger partial charge is 0.348 e. The average molecular weight is 484 g/mol.